The highest BCUT2D eigenvalue weighted by molar-refractivity contribution is 7.86. The zero-order valence-corrected chi connectivity index (χ0v) is 50.0. The van der Waals surface area contributed by atoms with Crippen molar-refractivity contribution in [3.63, 3.8) is 0 Å². The first kappa shape index (κ1) is 64.0. The van der Waals surface area contributed by atoms with Crippen molar-refractivity contribution in [2.45, 2.75) is 91.9 Å². The van der Waals surface area contributed by atoms with Crippen molar-refractivity contribution in [2.24, 2.45) is 0 Å². The zero-order valence-electron chi connectivity index (χ0n) is 47.5. The normalized spacial score (nSPS) is 15.3. The number of nitrogens with zero attached hydrogens (tertiary/aromatic N) is 4. The SMILES string of the molecule is CCCCCN1/C(=C/C=C/C=C/C2=[N+](CCCS(=O)(=O)O)c3c(C)cc(-c4cc(C(=O)NCCS(=O)(=O)O)nc(C(=O)NCCS(=O)(=O)O)c4)cc3C2(C)C)C(C)(C)c2cc(-c3cc(C(=O)NCC)nc(C(=O)NCC)c3)cc(OC)c21. The summed E-state index contributed by atoms with van der Waals surface area (Å²) in [6.07, 6.45) is 12.6. The number of ether oxygens (including phenoxy) is 1. The van der Waals surface area contributed by atoms with E-state index in [1.807, 2.05) is 61.8 Å². The summed E-state index contributed by atoms with van der Waals surface area (Å²) in [5.74, 6) is -4.08. The quantitative estimate of drug-likeness (QED) is 0.0153. The number of aryl methyl sites for hydroxylation is 1. The van der Waals surface area contributed by atoms with Crippen molar-refractivity contribution in [1.29, 1.82) is 0 Å². The molecule has 0 atom stereocenters. The molecule has 0 aliphatic carbocycles. The first-order valence-electron chi connectivity index (χ1n) is 26.8. The topological polar surface area (TPSA) is 321 Å². The summed E-state index contributed by atoms with van der Waals surface area (Å²) >= 11 is 0. The second-order valence-electron chi connectivity index (χ2n) is 20.9. The number of amides is 4. The van der Waals surface area contributed by atoms with E-state index in [4.69, 9.17) is 4.74 Å². The number of nitrogens with one attached hydrogen (secondary N) is 4. The number of aromatic nitrogens is 2. The highest BCUT2D eigenvalue weighted by Gasteiger charge is 2.46. The standard InChI is InChI=1S/C57H72N8O14S3/c1-10-13-17-23-65-49(57(7,8)42-30-38(35-47(79-9)51(42)65)40-33-43(52(66)58-11-2)62-44(34-40)53(67)59-12-3)20-16-14-15-19-48-56(5,6)41-29-37(28-36(4)50(41)64(48)24-18-25-80(70,71)72)39-31-45(54(68)60-21-26-81(73,74)75)63-46(32-39)55(69)61-22-27-82(76,77)78/h14-16,19-20,28-35H,10-13,17-18,21-27H2,1-9H3,(H6-,58,59,60,61,66,67,68,69,70,71,72,73,74,75,76,77,78)/p+1. The number of unbranched alkanes of at least 4 members (excludes halogenated alkanes) is 2. The van der Waals surface area contributed by atoms with Crippen molar-refractivity contribution in [3.8, 4) is 28.0 Å². The molecule has 6 rings (SSSR count). The van der Waals surface area contributed by atoms with Crippen LogP contribution < -0.4 is 30.9 Å². The minimum atomic E-state index is -4.44. The lowest BCUT2D eigenvalue weighted by atomic mass is 9.79. The van der Waals surface area contributed by atoms with Crippen molar-refractivity contribution in [2.75, 3.05) is 68.5 Å². The Morgan fingerprint density at radius 2 is 1.09 bits per heavy atom. The number of hydrogen-bond donors (Lipinski definition) is 7. The number of carbonyl (C=O) groups is 4. The number of fused-ring (bicyclic) bond motifs is 2. The third-order valence-electron chi connectivity index (χ3n) is 14.1. The molecule has 4 aromatic rings. The van der Waals surface area contributed by atoms with Gasteiger partial charge >= 0.3 is 0 Å². The molecule has 0 radical (unpaired) electrons. The summed E-state index contributed by atoms with van der Waals surface area (Å²) in [5, 5.41) is 10.3. The predicted molar refractivity (Wildman–Crippen MR) is 314 cm³/mol. The van der Waals surface area contributed by atoms with Crippen molar-refractivity contribution >= 4 is 71.1 Å². The first-order valence-corrected chi connectivity index (χ1v) is 31.7. The molecule has 0 unspecified atom stereocenters. The molecular formula is C57H73N8O14S3+. The minimum absolute atomic E-state index is 0.0613. The van der Waals surface area contributed by atoms with Crippen LogP contribution in [0.2, 0.25) is 0 Å². The number of methoxy groups -OCH3 is 1. The molecule has 25 heteroatoms. The monoisotopic (exact) mass is 1190 g/mol. The van der Waals surface area contributed by atoms with E-state index in [1.165, 1.54) is 12.1 Å². The van der Waals surface area contributed by atoms with Gasteiger partial charge in [-0.15, -0.1) is 0 Å². The van der Waals surface area contributed by atoms with Crippen LogP contribution in [0.25, 0.3) is 22.3 Å². The fourth-order valence-corrected chi connectivity index (χ4v) is 11.3. The van der Waals surface area contributed by atoms with E-state index < -0.39 is 95.2 Å². The Bertz CT molecular complexity index is 3520. The van der Waals surface area contributed by atoms with Gasteiger partial charge in [0.1, 0.15) is 35.1 Å². The van der Waals surface area contributed by atoms with E-state index in [1.54, 1.807) is 39.2 Å². The number of benzene rings is 2. The maximum absolute atomic E-state index is 13.4. The average Bonchev–Trinajstić information content (AvgIpc) is 1.97. The molecule has 0 saturated carbocycles. The lowest BCUT2D eigenvalue weighted by Crippen LogP contribution is -2.32. The molecule has 4 amide bonds. The summed E-state index contributed by atoms with van der Waals surface area (Å²) in [5.41, 5.74) is 6.27. The van der Waals surface area contributed by atoms with E-state index in [2.05, 4.69) is 69.0 Å². The second-order valence-corrected chi connectivity index (χ2v) is 25.6. The van der Waals surface area contributed by atoms with Gasteiger partial charge in [-0.1, -0.05) is 51.8 Å². The van der Waals surface area contributed by atoms with Gasteiger partial charge in [0.15, 0.2) is 5.71 Å². The van der Waals surface area contributed by atoms with Crippen molar-refractivity contribution < 1.29 is 67.4 Å². The molecule has 442 valence electrons. The molecular weight excluding hydrogens is 1120 g/mol. The van der Waals surface area contributed by atoms with Crippen LogP contribution in [0.3, 0.4) is 0 Å². The van der Waals surface area contributed by atoms with Gasteiger partial charge in [0.05, 0.1) is 35.5 Å². The van der Waals surface area contributed by atoms with Crippen molar-refractivity contribution in [3.05, 3.63) is 124 Å². The van der Waals surface area contributed by atoms with Gasteiger partial charge in [-0.3, -0.25) is 32.8 Å². The lowest BCUT2D eigenvalue weighted by Gasteiger charge is -2.27. The summed E-state index contributed by atoms with van der Waals surface area (Å²) < 4.78 is 106. The van der Waals surface area contributed by atoms with Crippen LogP contribution in [0.1, 0.15) is 133 Å². The van der Waals surface area contributed by atoms with Crippen LogP contribution in [-0.4, -0.2) is 146 Å². The fraction of sp³-hybridized carbons (Fsp3) is 0.421. The molecule has 2 aliphatic rings. The van der Waals surface area contributed by atoms with E-state index in [9.17, 15) is 58.1 Å². The Kier molecular flexibility index (Phi) is 20.6. The van der Waals surface area contributed by atoms with Gasteiger partial charge in [0.25, 0.3) is 54.0 Å². The Labute approximate surface area is 479 Å². The van der Waals surface area contributed by atoms with Crippen LogP contribution in [-0.2, 0) is 41.2 Å². The first-order chi connectivity index (χ1) is 38.4. The van der Waals surface area contributed by atoms with E-state index in [-0.39, 0.29) is 35.7 Å². The highest BCUT2D eigenvalue weighted by Crippen LogP contribution is 2.53. The second kappa shape index (κ2) is 26.4. The molecule has 4 heterocycles. The fourth-order valence-electron chi connectivity index (χ4n) is 10.1. The van der Waals surface area contributed by atoms with Crippen molar-refractivity contribution in [1.82, 2.24) is 31.2 Å². The molecule has 82 heavy (non-hydrogen) atoms. The highest BCUT2D eigenvalue weighted by atomic mass is 32.2. The van der Waals surface area contributed by atoms with E-state index in [0.29, 0.717) is 47.6 Å². The van der Waals surface area contributed by atoms with Gasteiger partial charge in [-0.05, 0) is 123 Å². The summed E-state index contributed by atoms with van der Waals surface area (Å²) in [6.45, 7) is 16.5. The van der Waals surface area contributed by atoms with E-state index in [0.717, 1.165) is 58.7 Å². The molecule has 7 N–H and O–H groups in total. The molecule has 2 aliphatic heterocycles. The molecule has 0 bridgehead atoms. The molecule has 0 spiro atoms. The average molecular weight is 1190 g/mol. The van der Waals surface area contributed by atoms with Gasteiger partial charge < -0.3 is 30.9 Å². The predicted octanol–water partition coefficient (Wildman–Crippen LogP) is 6.50. The molecule has 2 aromatic carbocycles. The lowest BCUT2D eigenvalue weighted by molar-refractivity contribution is -0.437. The number of anilines is 1. The van der Waals surface area contributed by atoms with Crippen LogP contribution in [0.5, 0.6) is 5.75 Å². The molecule has 22 nitrogen and oxygen atoms in total. The number of pyridine rings is 2. The largest absolute Gasteiger partial charge is 0.495 e. The summed E-state index contributed by atoms with van der Waals surface area (Å²) in [7, 11) is -11.6. The van der Waals surface area contributed by atoms with E-state index >= 15 is 0 Å². The number of allylic oxidation sites excluding steroid dienone is 6. The minimum Gasteiger partial charge on any atom is -0.495 e. The van der Waals surface area contributed by atoms with Crippen LogP contribution in [0.4, 0.5) is 11.4 Å². The summed E-state index contributed by atoms with van der Waals surface area (Å²) in [6, 6.07) is 13.8. The van der Waals surface area contributed by atoms with Gasteiger partial charge in [-0.25, -0.2) is 9.97 Å². The van der Waals surface area contributed by atoms with Gasteiger partial charge in [-0.2, -0.15) is 29.8 Å². The Balaban J connectivity index is 1.41. The van der Waals surface area contributed by atoms with Gasteiger partial charge in [0, 0.05) is 67.5 Å². The third kappa shape index (κ3) is 15.7. The maximum atomic E-state index is 13.4. The number of hydrogen-bond acceptors (Lipinski definition) is 14. The molecule has 0 fully saturated rings. The number of carbonyl (C=O) groups excluding carboxylic acids is 4. The maximum Gasteiger partial charge on any atom is 0.269 e. The Hall–Kier alpha value is -7.16. The number of rotatable bonds is 26. The smallest absolute Gasteiger partial charge is 0.269 e. The Morgan fingerprint density at radius 1 is 0.610 bits per heavy atom. The molecule has 2 aromatic heterocycles. The summed E-state index contributed by atoms with van der Waals surface area (Å²) in [4.78, 5) is 63.9. The van der Waals surface area contributed by atoms with Crippen LogP contribution in [0.15, 0.2) is 84.6 Å². The molecule has 0 saturated heterocycles. The van der Waals surface area contributed by atoms with Gasteiger partial charge in [0.2, 0.25) is 5.69 Å². The third-order valence-corrected chi connectivity index (χ3v) is 16.3. The van der Waals surface area contributed by atoms with Crippen LogP contribution in [0, 0.1) is 6.92 Å². The van der Waals surface area contributed by atoms with Crippen LogP contribution >= 0.6 is 0 Å². The zero-order chi connectivity index (χ0) is 60.5. The Morgan fingerprint density at radius 3 is 1.56 bits per heavy atom.